The highest BCUT2D eigenvalue weighted by atomic mass is 32.1. The minimum atomic E-state index is -0.146. The number of thiazole rings is 1. The third-order valence-corrected chi connectivity index (χ3v) is 6.10. The second kappa shape index (κ2) is 8.63. The van der Waals surface area contributed by atoms with E-state index >= 15 is 0 Å². The number of rotatable bonds is 6. The maximum Gasteiger partial charge on any atom is 0.267 e. The summed E-state index contributed by atoms with van der Waals surface area (Å²) in [5, 5.41) is 0.667. The summed E-state index contributed by atoms with van der Waals surface area (Å²) < 4.78 is 6.82. The summed E-state index contributed by atoms with van der Waals surface area (Å²) in [6.45, 7) is 6.48. The summed E-state index contributed by atoms with van der Waals surface area (Å²) in [6, 6.07) is 15.7. The second-order valence-corrected chi connectivity index (χ2v) is 8.30. The van der Waals surface area contributed by atoms with E-state index in [2.05, 4.69) is 31.0 Å². The molecule has 0 aliphatic rings. The Bertz CT molecular complexity index is 1170. The third-order valence-electron chi connectivity index (χ3n) is 5.05. The molecule has 0 saturated carbocycles. The summed E-state index contributed by atoms with van der Waals surface area (Å²) in [5.74, 6) is 0.527. The number of anilines is 1. The van der Waals surface area contributed by atoms with Crippen molar-refractivity contribution in [2.45, 2.75) is 27.3 Å². The first-order valence-electron chi connectivity index (χ1n) is 9.77. The molecule has 152 valence electrons. The lowest BCUT2D eigenvalue weighted by Gasteiger charge is -2.20. The van der Waals surface area contributed by atoms with Crippen LogP contribution in [0.3, 0.4) is 0 Å². The van der Waals surface area contributed by atoms with Crippen molar-refractivity contribution in [1.82, 2.24) is 9.97 Å². The molecule has 0 radical (unpaired) electrons. The molecule has 0 unspecified atom stereocenters. The minimum absolute atomic E-state index is 0.0583. The molecule has 0 aliphatic carbocycles. The average molecular weight is 418 g/mol. The summed E-state index contributed by atoms with van der Waals surface area (Å²) in [4.78, 5) is 23.8. The number of hydrogen-bond acceptors (Lipinski definition) is 5. The first-order valence-corrected chi connectivity index (χ1v) is 10.6. The van der Waals surface area contributed by atoms with Gasteiger partial charge in [-0.25, -0.2) is 4.98 Å². The first-order chi connectivity index (χ1) is 14.5. The Kier molecular flexibility index (Phi) is 5.77. The molecular weight excluding hydrogens is 394 g/mol. The molecule has 0 N–H and O–H groups in total. The molecule has 0 aliphatic heterocycles. The lowest BCUT2D eigenvalue weighted by molar-refractivity contribution is -0.120. The van der Waals surface area contributed by atoms with Gasteiger partial charge in [0.15, 0.2) is 11.7 Å². The van der Waals surface area contributed by atoms with Gasteiger partial charge in [0.05, 0.1) is 16.8 Å². The molecule has 0 spiro atoms. The van der Waals surface area contributed by atoms with Crippen LogP contribution in [0.25, 0.3) is 10.2 Å². The number of benzene rings is 2. The van der Waals surface area contributed by atoms with Crippen LogP contribution in [0.4, 0.5) is 5.13 Å². The molecule has 2 aromatic heterocycles. The van der Waals surface area contributed by atoms with Crippen molar-refractivity contribution in [3.05, 3.63) is 83.2 Å². The van der Waals surface area contributed by atoms with Gasteiger partial charge in [-0.15, -0.1) is 0 Å². The Morgan fingerprint density at radius 3 is 2.60 bits per heavy atom. The van der Waals surface area contributed by atoms with Crippen LogP contribution in [-0.2, 0) is 11.3 Å². The van der Waals surface area contributed by atoms with E-state index in [1.165, 1.54) is 16.9 Å². The van der Waals surface area contributed by atoms with Crippen molar-refractivity contribution in [2.24, 2.45) is 0 Å². The fraction of sp³-hybridized carbons (Fsp3) is 0.208. The average Bonchev–Trinajstić information content (AvgIpc) is 3.19. The molecule has 6 heteroatoms. The molecule has 0 atom stereocenters. The van der Waals surface area contributed by atoms with Gasteiger partial charge in [-0.2, -0.15) is 0 Å². The van der Waals surface area contributed by atoms with E-state index in [4.69, 9.17) is 9.72 Å². The molecule has 2 aromatic carbocycles. The molecule has 1 amide bonds. The molecule has 2 heterocycles. The molecule has 30 heavy (non-hydrogen) atoms. The van der Waals surface area contributed by atoms with E-state index < -0.39 is 0 Å². The van der Waals surface area contributed by atoms with E-state index in [1.807, 2.05) is 43.3 Å². The summed E-state index contributed by atoms with van der Waals surface area (Å²) >= 11 is 1.52. The van der Waals surface area contributed by atoms with Crippen LogP contribution in [0, 0.1) is 20.8 Å². The van der Waals surface area contributed by atoms with Gasteiger partial charge in [-0.3, -0.25) is 14.7 Å². The van der Waals surface area contributed by atoms with Crippen LogP contribution in [0.5, 0.6) is 5.75 Å². The standard InChI is InChI=1S/C24H23N3O2S/c1-16-6-9-20(10-7-16)29-15-22(28)27(14-19-5-4-12-25-13-19)24-26-23-18(3)17(2)8-11-21(23)30-24/h4-13H,14-15H2,1-3H3. The Morgan fingerprint density at radius 2 is 1.87 bits per heavy atom. The summed E-state index contributed by atoms with van der Waals surface area (Å²) in [7, 11) is 0. The fourth-order valence-corrected chi connectivity index (χ4v) is 4.17. The van der Waals surface area contributed by atoms with E-state index in [0.29, 0.717) is 17.4 Å². The normalized spacial score (nSPS) is 10.9. The van der Waals surface area contributed by atoms with E-state index in [0.717, 1.165) is 26.9 Å². The van der Waals surface area contributed by atoms with E-state index in [9.17, 15) is 4.79 Å². The lowest BCUT2D eigenvalue weighted by Crippen LogP contribution is -2.34. The van der Waals surface area contributed by atoms with Crippen LogP contribution >= 0.6 is 11.3 Å². The molecule has 0 fully saturated rings. The molecule has 0 bridgehead atoms. The number of carbonyl (C=O) groups excluding carboxylic acids is 1. The van der Waals surface area contributed by atoms with Crippen molar-refractivity contribution < 1.29 is 9.53 Å². The van der Waals surface area contributed by atoms with Gasteiger partial charge in [0.1, 0.15) is 5.75 Å². The number of hydrogen-bond donors (Lipinski definition) is 0. The molecule has 5 nitrogen and oxygen atoms in total. The zero-order valence-corrected chi connectivity index (χ0v) is 18.1. The highest BCUT2D eigenvalue weighted by Crippen LogP contribution is 2.32. The number of aromatic nitrogens is 2. The van der Waals surface area contributed by atoms with Crippen molar-refractivity contribution in [3.63, 3.8) is 0 Å². The van der Waals surface area contributed by atoms with Crippen LogP contribution in [0.1, 0.15) is 22.3 Å². The minimum Gasteiger partial charge on any atom is -0.484 e. The quantitative estimate of drug-likeness (QED) is 0.431. The fourth-order valence-electron chi connectivity index (χ4n) is 3.12. The Labute approximate surface area is 180 Å². The van der Waals surface area contributed by atoms with Crippen LogP contribution in [-0.4, -0.2) is 22.5 Å². The first kappa shape index (κ1) is 20.0. The molecular formula is C24H23N3O2S. The maximum atomic E-state index is 13.2. The Balaban J connectivity index is 1.63. The zero-order valence-electron chi connectivity index (χ0n) is 17.3. The SMILES string of the molecule is Cc1ccc(OCC(=O)N(Cc2cccnc2)c2nc3c(C)c(C)ccc3s2)cc1. The predicted molar refractivity (Wildman–Crippen MR) is 121 cm³/mol. The van der Waals surface area contributed by atoms with Gasteiger partial charge in [0, 0.05) is 12.4 Å². The zero-order chi connectivity index (χ0) is 21.1. The summed E-state index contributed by atoms with van der Waals surface area (Å²) in [6.07, 6.45) is 3.49. The molecule has 4 rings (SSSR count). The van der Waals surface area contributed by atoms with Crippen molar-refractivity contribution in [1.29, 1.82) is 0 Å². The Hall–Kier alpha value is -3.25. The maximum absolute atomic E-state index is 13.2. The van der Waals surface area contributed by atoms with E-state index in [1.54, 1.807) is 17.3 Å². The van der Waals surface area contributed by atoms with Crippen molar-refractivity contribution >= 4 is 32.6 Å². The Morgan fingerprint density at radius 1 is 1.07 bits per heavy atom. The van der Waals surface area contributed by atoms with E-state index in [-0.39, 0.29) is 12.5 Å². The number of ether oxygens (including phenoxy) is 1. The molecule has 0 saturated heterocycles. The van der Waals surface area contributed by atoms with Crippen molar-refractivity contribution in [2.75, 3.05) is 11.5 Å². The van der Waals surface area contributed by atoms with Crippen molar-refractivity contribution in [3.8, 4) is 5.75 Å². The highest BCUT2D eigenvalue weighted by Gasteiger charge is 2.21. The topological polar surface area (TPSA) is 55.3 Å². The smallest absolute Gasteiger partial charge is 0.267 e. The molecule has 4 aromatic rings. The number of amides is 1. The van der Waals surface area contributed by atoms with Crippen LogP contribution in [0.2, 0.25) is 0 Å². The van der Waals surface area contributed by atoms with Gasteiger partial charge >= 0.3 is 0 Å². The van der Waals surface area contributed by atoms with Crippen LogP contribution in [0.15, 0.2) is 60.9 Å². The predicted octanol–water partition coefficient (Wildman–Crippen LogP) is 5.23. The van der Waals surface area contributed by atoms with Gasteiger partial charge in [-0.1, -0.05) is 41.2 Å². The largest absolute Gasteiger partial charge is 0.484 e. The van der Waals surface area contributed by atoms with Crippen LogP contribution < -0.4 is 9.64 Å². The third kappa shape index (κ3) is 4.33. The number of fused-ring (bicyclic) bond motifs is 1. The summed E-state index contributed by atoms with van der Waals surface area (Å²) in [5.41, 5.74) is 5.35. The number of pyridine rings is 1. The number of nitrogens with zero attached hydrogens (tertiary/aromatic N) is 3. The monoisotopic (exact) mass is 417 g/mol. The highest BCUT2D eigenvalue weighted by molar-refractivity contribution is 7.22. The van der Waals surface area contributed by atoms with Gasteiger partial charge in [-0.05, 0) is 61.7 Å². The lowest BCUT2D eigenvalue weighted by atomic mass is 10.1. The second-order valence-electron chi connectivity index (χ2n) is 7.29. The van der Waals surface area contributed by atoms with Gasteiger partial charge in [0.25, 0.3) is 5.91 Å². The van der Waals surface area contributed by atoms with Gasteiger partial charge in [0.2, 0.25) is 0 Å². The number of carbonyl (C=O) groups is 1. The number of aryl methyl sites for hydroxylation is 3. The van der Waals surface area contributed by atoms with Gasteiger partial charge < -0.3 is 4.74 Å².